The molecule has 6 nitrogen and oxygen atoms in total. The van der Waals surface area contributed by atoms with Crippen LogP contribution in [0.5, 0.6) is 5.75 Å². The molecule has 1 atom stereocenters. The third-order valence-corrected chi connectivity index (χ3v) is 5.38. The van der Waals surface area contributed by atoms with E-state index in [-0.39, 0.29) is 24.6 Å². The number of piperazine rings is 1. The molecule has 1 aliphatic rings. The topological polar surface area (TPSA) is 61.9 Å². The maximum Gasteiger partial charge on any atom is 0.317 e. The van der Waals surface area contributed by atoms with Gasteiger partial charge in [-0.2, -0.15) is 0 Å². The molecule has 1 aromatic heterocycles. The van der Waals surface area contributed by atoms with Crippen LogP contribution < -0.4 is 10.1 Å². The Hall–Kier alpha value is -2.54. The minimum absolute atomic E-state index is 0.0219. The number of ether oxygens (including phenoxy) is 1. The monoisotopic (exact) mass is 387 g/mol. The summed E-state index contributed by atoms with van der Waals surface area (Å²) in [4.78, 5) is 29.5. The van der Waals surface area contributed by atoms with Crippen LogP contribution in [0.15, 0.2) is 47.8 Å². The average molecular weight is 388 g/mol. The van der Waals surface area contributed by atoms with Crippen molar-refractivity contribution in [2.24, 2.45) is 0 Å². The summed E-state index contributed by atoms with van der Waals surface area (Å²) in [6, 6.07) is 13.4. The van der Waals surface area contributed by atoms with Gasteiger partial charge in [0.2, 0.25) is 0 Å². The highest BCUT2D eigenvalue weighted by molar-refractivity contribution is 7.09. The van der Waals surface area contributed by atoms with Gasteiger partial charge in [-0.1, -0.05) is 24.3 Å². The zero-order chi connectivity index (χ0) is 19.1. The van der Waals surface area contributed by atoms with Crippen LogP contribution in [0.1, 0.15) is 11.8 Å². The highest BCUT2D eigenvalue weighted by atomic mass is 32.1. The van der Waals surface area contributed by atoms with Crippen molar-refractivity contribution >= 4 is 23.3 Å². The molecule has 1 fully saturated rings. The van der Waals surface area contributed by atoms with E-state index in [0.717, 1.165) is 6.42 Å². The van der Waals surface area contributed by atoms with Crippen molar-refractivity contribution in [2.75, 3.05) is 32.8 Å². The number of nitrogens with zero attached hydrogens (tertiary/aromatic N) is 2. The fraction of sp³-hybridized carbons (Fsp3) is 0.400. The second kappa shape index (κ2) is 9.41. The van der Waals surface area contributed by atoms with Crippen molar-refractivity contribution in [3.05, 3.63) is 52.7 Å². The predicted molar refractivity (Wildman–Crippen MR) is 106 cm³/mol. The Bertz CT molecular complexity index is 728. The van der Waals surface area contributed by atoms with E-state index < -0.39 is 0 Å². The van der Waals surface area contributed by atoms with Crippen molar-refractivity contribution in [3.8, 4) is 5.75 Å². The Labute approximate surface area is 163 Å². The van der Waals surface area contributed by atoms with Gasteiger partial charge in [0.15, 0.2) is 6.61 Å². The van der Waals surface area contributed by atoms with Crippen LogP contribution in [0.25, 0.3) is 0 Å². The molecular weight excluding hydrogens is 362 g/mol. The molecular formula is C20H25N3O3S. The van der Waals surface area contributed by atoms with Gasteiger partial charge in [-0.3, -0.25) is 4.79 Å². The maximum atomic E-state index is 12.4. The largest absolute Gasteiger partial charge is 0.484 e. The number of para-hydroxylation sites is 1. The Morgan fingerprint density at radius 3 is 2.44 bits per heavy atom. The Balaban J connectivity index is 1.38. The standard InChI is InChI=1S/C20H25N3O3S/c1-16(14-18-8-5-13-27-18)21-20(25)23-11-9-22(10-12-23)19(24)15-26-17-6-3-2-4-7-17/h2-8,13,16H,9-12,14-15H2,1H3,(H,21,25)/t16-/m0/s1. The van der Waals surface area contributed by atoms with Crippen LogP contribution in [-0.2, 0) is 11.2 Å². The van der Waals surface area contributed by atoms with E-state index in [2.05, 4.69) is 11.4 Å². The van der Waals surface area contributed by atoms with Gasteiger partial charge in [-0.25, -0.2) is 4.79 Å². The lowest BCUT2D eigenvalue weighted by Gasteiger charge is -2.35. The van der Waals surface area contributed by atoms with Crippen LogP contribution in [0.4, 0.5) is 4.79 Å². The lowest BCUT2D eigenvalue weighted by Crippen LogP contribution is -2.55. The fourth-order valence-corrected chi connectivity index (χ4v) is 3.83. The van der Waals surface area contributed by atoms with Crippen molar-refractivity contribution < 1.29 is 14.3 Å². The third-order valence-electron chi connectivity index (χ3n) is 4.48. The van der Waals surface area contributed by atoms with Gasteiger partial charge in [0.25, 0.3) is 5.91 Å². The van der Waals surface area contributed by atoms with Gasteiger partial charge in [-0.15, -0.1) is 11.3 Å². The van der Waals surface area contributed by atoms with E-state index in [1.807, 2.05) is 48.7 Å². The molecule has 1 saturated heterocycles. The molecule has 1 N–H and O–H groups in total. The summed E-state index contributed by atoms with van der Waals surface area (Å²) in [5, 5.41) is 5.09. The van der Waals surface area contributed by atoms with Crippen molar-refractivity contribution in [1.82, 2.24) is 15.1 Å². The van der Waals surface area contributed by atoms with Gasteiger partial charge in [0.05, 0.1) is 0 Å². The van der Waals surface area contributed by atoms with E-state index >= 15 is 0 Å². The number of benzene rings is 1. The molecule has 2 heterocycles. The molecule has 3 rings (SSSR count). The first-order valence-electron chi connectivity index (χ1n) is 9.15. The number of nitrogens with one attached hydrogen (secondary N) is 1. The number of amides is 3. The van der Waals surface area contributed by atoms with Gasteiger partial charge in [0, 0.05) is 43.5 Å². The molecule has 7 heteroatoms. The van der Waals surface area contributed by atoms with E-state index in [9.17, 15) is 9.59 Å². The van der Waals surface area contributed by atoms with Gasteiger partial charge in [0.1, 0.15) is 5.75 Å². The molecule has 0 unspecified atom stereocenters. The number of rotatable bonds is 6. The lowest BCUT2D eigenvalue weighted by molar-refractivity contribution is -0.134. The SMILES string of the molecule is C[C@@H](Cc1cccs1)NC(=O)N1CCN(C(=O)COc2ccccc2)CC1. The first kappa shape index (κ1) is 19.2. The van der Waals surface area contributed by atoms with Gasteiger partial charge >= 0.3 is 6.03 Å². The van der Waals surface area contributed by atoms with Gasteiger partial charge < -0.3 is 19.9 Å². The van der Waals surface area contributed by atoms with Crippen molar-refractivity contribution in [1.29, 1.82) is 0 Å². The van der Waals surface area contributed by atoms with Crippen LogP contribution in [-0.4, -0.2) is 60.6 Å². The summed E-state index contributed by atoms with van der Waals surface area (Å²) in [6.45, 7) is 4.17. The van der Waals surface area contributed by atoms with Gasteiger partial charge in [-0.05, 0) is 30.5 Å². The first-order valence-corrected chi connectivity index (χ1v) is 10.0. The summed E-state index contributed by atoms with van der Waals surface area (Å²) in [5.41, 5.74) is 0. The summed E-state index contributed by atoms with van der Waals surface area (Å²) >= 11 is 1.70. The third kappa shape index (κ3) is 5.72. The van der Waals surface area contributed by atoms with E-state index in [1.165, 1.54) is 4.88 Å². The highest BCUT2D eigenvalue weighted by Gasteiger charge is 2.25. The Morgan fingerprint density at radius 1 is 1.07 bits per heavy atom. The quantitative estimate of drug-likeness (QED) is 0.829. The average Bonchev–Trinajstić information content (AvgIpc) is 3.20. The molecule has 27 heavy (non-hydrogen) atoms. The summed E-state index contributed by atoms with van der Waals surface area (Å²) in [7, 11) is 0. The second-order valence-electron chi connectivity index (χ2n) is 6.60. The second-order valence-corrected chi connectivity index (χ2v) is 7.64. The number of hydrogen-bond acceptors (Lipinski definition) is 4. The first-order chi connectivity index (χ1) is 13.1. The molecule has 0 aliphatic carbocycles. The van der Waals surface area contributed by atoms with Crippen LogP contribution in [0, 0.1) is 0 Å². The number of urea groups is 1. The predicted octanol–water partition coefficient (Wildman–Crippen LogP) is 2.61. The van der Waals surface area contributed by atoms with Crippen LogP contribution in [0.3, 0.4) is 0 Å². The number of hydrogen-bond donors (Lipinski definition) is 1. The number of carbonyl (C=O) groups excluding carboxylic acids is 2. The van der Waals surface area contributed by atoms with E-state index in [0.29, 0.717) is 31.9 Å². The fourth-order valence-electron chi connectivity index (χ4n) is 3.00. The molecule has 0 spiro atoms. The van der Waals surface area contributed by atoms with Crippen molar-refractivity contribution in [3.63, 3.8) is 0 Å². The smallest absolute Gasteiger partial charge is 0.317 e. The zero-order valence-electron chi connectivity index (χ0n) is 15.5. The zero-order valence-corrected chi connectivity index (χ0v) is 16.3. The molecule has 2 aromatic rings. The minimum Gasteiger partial charge on any atom is -0.484 e. The summed E-state index contributed by atoms with van der Waals surface area (Å²) < 4.78 is 5.51. The molecule has 0 saturated carbocycles. The molecule has 1 aliphatic heterocycles. The summed E-state index contributed by atoms with van der Waals surface area (Å²) in [6.07, 6.45) is 0.832. The van der Waals surface area contributed by atoms with Crippen molar-refractivity contribution in [2.45, 2.75) is 19.4 Å². The van der Waals surface area contributed by atoms with E-state index in [1.54, 1.807) is 21.1 Å². The Kier molecular flexibility index (Phi) is 6.70. The van der Waals surface area contributed by atoms with Crippen LogP contribution >= 0.6 is 11.3 Å². The lowest BCUT2D eigenvalue weighted by atomic mass is 10.2. The normalized spacial score (nSPS) is 15.3. The van der Waals surface area contributed by atoms with Crippen LogP contribution in [0.2, 0.25) is 0 Å². The maximum absolute atomic E-state index is 12.4. The molecule has 144 valence electrons. The minimum atomic E-state index is -0.0632. The number of carbonyl (C=O) groups is 2. The number of thiophene rings is 1. The highest BCUT2D eigenvalue weighted by Crippen LogP contribution is 2.12. The molecule has 3 amide bonds. The summed E-state index contributed by atoms with van der Waals surface area (Å²) in [5.74, 6) is 0.633. The molecule has 0 bridgehead atoms. The molecule has 1 aromatic carbocycles. The molecule has 0 radical (unpaired) electrons. The Morgan fingerprint density at radius 2 is 1.78 bits per heavy atom. The van der Waals surface area contributed by atoms with E-state index in [4.69, 9.17) is 4.74 Å².